The smallest absolute Gasteiger partial charge is 0.290 e. The predicted octanol–water partition coefficient (Wildman–Crippen LogP) is 2.29. The van der Waals surface area contributed by atoms with Crippen molar-refractivity contribution in [3.63, 3.8) is 0 Å². The summed E-state index contributed by atoms with van der Waals surface area (Å²) in [5.41, 5.74) is 1.12. The lowest BCUT2D eigenvalue weighted by atomic mass is 10.1. The summed E-state index contributed by atoms with van der Waals surface area (Å²) < 4.78 is 14.4. The molecule has 2 amide bonds. The van der Waals surface area contributed by atoms with Crippen LogP contribution in [0.3, 0.4) is 0 Å². The molecule has 3 rings (SSSR count). The van der Waals surface area contributed by atoms with Gasteiger partial charge in [-0.1, -0.05) is 12.1 Å². The topological polar surface area (TPSA) is 52.6 Å². The average Bonchev–Trinajstić information content (AvgIpc) is 3.07. The molecule has 7 heteroatoms. The number of carbonyl (C=O) groups excluding carboxylic acids is 2. The first kappa shape index (κ1) is 16.0. The number of amides is 2. The number of thioether (sulfide) groups is 1. The van der Waals surface area contributed by atoms with Gasteiger partial charge in [-0.2, -0.15) is 0 Å². The van der Waals surface area contributed by atoms with Gasteiger partial charge in [-0.15, -0.1) is 0 Å². The molecule has 23 heavy (non-hydrogen) atoms. The van der Waals surface area contributed by atoms with E-state index in [2.05, 4.69) is 10.2 Å². The molecule has 2 fully saturated rings. The molecule has 0 spiro atoms. The molecule has 2 aliphatic rings. The van der Waals surface area contributed by atoms with Crippen LogP contribution < -0.4 is 10.2 Å². The second-order valence-corrected chi connectivity index (χ2v) is 6.90. The zero-order valence-corrected chi connectivity index (χ0v) is 13.8. The van der Waals surface area contributed by atoms with Gasteiger partial charge in [0.15, 0.2) is 0 Å². The number of hydrogen-bond acceptors (Lipinski definition) is 5. The van der Waals surface area contributed by atoms with Crippen molar-refractivity contribution in [2.45, 2.75) is 12.5 Å². The summed E-state index contributed by atoms with van der Waals surface area (Å²) in [5.74, 6) is -0.740. The van der Waals surface area contributed by atoms with Gasteiger partial charge in [-0.25, -0.2) is 4.39 Å². The molecule has 0 aliphatic carbocycles. The number of anilines is 1. The molecule has 0 bridgehead atoms. The van der Waals surface area contributed by atoms with Crippen LogP contribution >= 0.6 is 11.8 Å². The molecular formula is C16H18FN3O2S. The van der Waals surface area contributed by atoms with Gasteiger partial charge < -0.3 is 9.80 Å². The number of hydrogen-bond donors (Lipinski definition) is 1. The van der Waals surface area contributed by atoms with Crippen LogP contribution in [0.25, 0.3) is 6.08 Å². The molecule has 1 N–H and O–H groups in total. The van der Waals surface area contributed by atoms with E-state index in [1.54, 1.807) is 18.2 Å². The van der Waals surface area contributed by atoms with Gasteiger partial charge in [0.2, 0.25) is 0 Å². The van der Waals surface area contributed by atoms with E-state index in [1.807, 2.05) is 19.0 Å². The second kappa shape index (κ2) is 6.33. The first-order valence-corrected chi connectivity index (χ1v) is 8.22. The van der Waals surface area contributed by atoms with E-state index in [4.69, 9.17) is 0 Å². The quantitative estimate of drug-likeness (QED) is 0.859. The lowest BCUT2D eigenvalue weighted by Gasteiger charge is -2.23. The van der Waals surface area contributed by atoms with Crippen molar-refractivity contribution in [3.8, 4) is 0 Å². The maximum atomic E-state index is 14.4. The fourth-order valence-electron chi connectivity index (χ4n) is 2.91. The second-order valence-electron chi connectivity index (χ2n) is 5.88. The van der Waals surface area contributed by atoms with Crippen LogP contribution in [0, 0.1) is 5.82 Å². The van der Waals surface area contributed by atoms with Crippen LogP contribution in [0.4, 0.5) is 14.9 Å². The first-order chi connectivity index (χ1) is 11.0. The zero-order chi connectivity index (χ0) is 16.6. The van der Waals surface area contributed by atoms with E-state index in [1.165, 1.54) is 6.07 Å². The summed E-state index contributed by atoms with van der Waals surface area (Å²) in [6.45, 7) is 1.50. The number of carbonyl (C=O) groups is 2. The molecule has 2 saturated heterocycles. The number of benzene rings is 1. The molecule has 5 nitrogen and oxygen atoms in total. The molecule has 1 aromatic carbocycles. The van der Waals surface area contributed by atoms with Crippen LogP contribution in [0.15, 0.2) is 23.1 Å². The number of imide groups is 1. The Morgan fingerprint density at radius 1 is 1.39 bits per heavy atom. The van der Waals surface area contributed by atoms with Crippen molar-refractivity contribution in [2.75, 3.05) is 32.1 Å². The molecule has 122 valence electrons. The summed E-state index contributed by atoms with van der Waals surface area (Å²) in [5, 5.41) is 1.82. The van der Waals surface area contributed by atoms with Crippen LogP contribution in [-0.2, 0) is 4.79 Å². The minimum Gasteiger partial charge on any atom is -0.367 e. The van der Waals surface area contributed by atoms with Crippen molar-refractivity contribution in [1.29, 1.82) is 0 Å². The van der Waals surface area contributed by atoms with E-state index >= 15 is 0 Å². The third-order valence-electron chi connectivity index (χ3n) is 4.16. The number of para-hydroxylation sites is 1. The van der Waals surface area contributed by atoms with Gasteiger partial charge in [0.05, 0.1) is 10.6 Å². The van der Waals surface area contributed by atoms with Gasteiger partial charge in [-0.05, 0) is 44.4 Å². The number of rotatable bonds is 3. The van der Waals surface area contributed by atoms with Crippen molar-refractivity contribution in [2.24, 2.45) is 0 Å². The number of halogens is 1. The normalized spacial score (nSPS) is 23.2. The molecule has 1 aromatic rings. The molecule has 1 atom stereocenters. The Kier molecular flexibility index (Phi) is 4.41. The van der Waals surface area contributed by atoms with Gasteiger partial charge in [0.25, 0.3) is 11.1 Å². The highest BCUT2D eigenvalue weighted by atomic mass is 32.2. The summed E-state index contributed by atoms with van der Waals surface area (Å²) >= 11 is 0.843. The molecule has 0 saturated carbocycles. The Labute approximate surface area is 138 Å². The van der Waals surface area contributed by atoms with Crippen LogP contribution in [0.5, 0.6) is 0 Å². The molecule has 2 heterocycles. The highest BCUT2D eigenvalue weighted by Crippen LogP contribution is 2.33. The monoisotopic (exact) mass is 335 g/mol. The minimum absolute atomic E-state index is 0.296. The largest absolute Gasteiger partial charge is 0.367 e. The van der Waals surface area contributed by atoms with Gasteiger partial charge in [0.1, 0.15) is 5.82 Å². The van der Waals surface area contributed by atoms with Crippen molar-refractivity contribution in [3.05, 3.63) is 34.5 Å². The summed E-state index contributed by atoms with van der Waals surface area (Å²) in [4.78, 5) is 27.4. The van der Waals surface area contributed by atoms with Crippen molar-refractivity contribution >= 4 is 34.7 Å². The molecule has 1 unspecified atom stereocenters. The molecular weight excluding hydrogens is 317 g/mol. The highest BCUT2D eigenvalue weighted by Gasteiger charge is 2.29. The summed E-state index contributed by atoms with van der Waals surface area (Å²) in [6.07, 6.45) is 2.55. The maximum Gasteiger partial charge on any atom is 0.290 e. The highest BCUT2D eigenvalue weighted by molar-refractivity contribution is 8.18. The zero-order valence-electron chi connectivity index (χ0n) is 13.0. The third kappa shape index (κ3) is 3.25. The third-order valence-corrected chi connectivity index (χ3v) is 4.97. The Hall–Kier alpha value is -1.86. The summed E-state index contributed by atoms with van der Waals surface area (Å²) in [6, 6.07) is 5.18. The van der Waals surface area contributed by atoms with Crippen LogP contribution in [0.1, 0.15) is 12.0 Å². The van der Waals surface area contributed by atoms with E-state index in [-0.39, 0.29) is 5.82 Å². The van der Waals surface area contributed by atoms with Crippen LogP contribution in [-0.4, -0.2) is 49.3 Å². The summed E-state index contributed by atoms with van der Waals surface area (Å²) in [7, 11) is 4.03. The number of nitrogens with zero attached hydrogens (tertiary/aromatic N) is 2. The molecule has 0 aromatic heterocycles. The Morgan fingerprint density at radius 3 is 2.78 bits per heavy atom. The molecule has 0 radical (unpaired) electrons. The molecule has 2 aliphatic heterocycles. The Bertz CT molecular complexity index is 690. The SMILES string of the molecule is CN(C)C1CCN(c2c(F)cccc2C=C2SC(=O)NC2=O)C1. The van der Waals surface area contributed by atoms with Gasteiger partial charge in [0, 0.05) is 24.7 Å². The number of nitrogens with one attached hydrogen (secondary N) is 1. The van der Waals surface area contributed by atoms with E-state index < -0.39 is 11.1 Å². The predicted molar refractivity (Wildman–Crippen MR) is 89.8 cm³/mol. The van der Waals surface area contributed by atoms with E-state index in [0.29, 0.717) is 22.2 Å². The fourth-order valence-corrected chi connectivity index (χ4v) is 3.58. The van der Waals surface area contributed by atoms with E-state index in [0.717, 1.165) is 31.3 Å². The Morgan fingerprint density at radius 2 is 2.17 bits per heavy atom. The fraction of sp³-hybridized carbons (Fsp3) is 0.375. The van der Waals surface area contributed by atoms with Gasteiger partial charge >= 0.3 is 0 Å². The van der Waals surface area contributed by atoms with E-state index in [9.17, 15) is 14.0 Å². The van der Waals surface area contributed by atoms with Crippen molar-refractivity contribution in [1.82, 2.24) is 10.2 Å². The first-order valence-electron chi connectivity index (χ1n) is 7.40. The minimum atomic E-state index is -0.428. The van der Waals surface area contributed by atoms with Crippen molar-refractivity contribution < 1.29 is 14.0 Å². The van der Waals surface area contributed by atoms with Gasteiger partial charge in [-0.3, -0.25) is 14.9 Å². The standard InChI is InChI=1S/C16H18FN3O2S/c1-19(2)11-6-7-20(9-11)14-10(4-3-5-12(14)17)8-13-15(21)18-16(22)23-13/h3-5,8,11H,6-7,9H2,1-2H3,(H,18,21,22). The lowest BCUT2D eigenvalue weighted by molar-refractivity contribution is -0.115. The average molecular weight is 335 g/mol. The maximum absolute atomic E-state index is 14.4. The Balaban J connectivity index is 1.94. The number of likely N-dealkylation sites (N-methyl/N-ethyl adjacent to an activating group) is 1. The van der Waals surface area contributed by atoms with Crippen LogP contribution in [0.2, 0.25) is 0 Å². The lowest BCUT2D eigenvalue weighted by Crippen LogP contribution is -2.32.